The summed E-state index contributed by atoms with van der Waals surface area (Å²) < 4.78 is 52.2. The number of hydrogen-bond donors (Lipinski definition) is 2. The molecule has 1 aliphatic heterocycles. The Bertz CT molecular complexity index is 1640. The van der Waals surface area contributed by atoms with E-state index < -0.39 is 29.1 Å². The second-order valence-corrected chi connectivity index (χ2v) is 11.0. The summed E-state index contributed by atoms with van der Waals surface area (Å²) in [6, 6.07) is 11.0. The van der Waals surface area contributed by atoms with Crippen molar-refractivity contribution in [2.24, 2.45) is 5.41 Å². The monoisotopic (exact) mass is 541 g/mol. The molecule has 5 rings (SSSR count). The second-order valence-electron chi connectivity index (χ2n) is 11.0. The van der Waals surface area contributed by atoms with Crippen LogP contribution in [0.3, 0.4) is 0 Å². The van der Waals surface area contributed by atoms with Crippen molar-refractivity contribution in [1.29, 1.82) is 0 Å². The van der Waals surface area contributed by atoms with Crippen molar-refractivity contribution in [2.75, 3.05) is 23.3 Å². The number of piperidine rings is 1. The Morgan fingerprint density at radius 1 is 1.08 bits per heavy atom. The molecule has 1 unspecified atom stereocenters. The lowest BCUT2D eigenvalue weighted by atomic mass is 9.83. The largest absolute Gasteiger partial charge is 0.440 e. The SMILES string of the molecule is Cc1cc(C(C)Nc2ccccc2-c2o[nH]c(=O)c2C(F)(F)F)c2oc(N3CCC(C)(C)CC3)cc(=O)c2c1. The number of hydrogen-bond acceptors (Lipinski definition) is 6. The third-order valence-electron chi connectivity index (χ3n) is 7.41. The number of rotatable bonds is 5. The Morgan fingerprint density at radius 3 is 2.46 bits per heavy atom. The average Bonchev–Trinajstić information content (AvgIpc) is 3.26. The Morgan fingerprint density at radius 2 is 1.77 bits per heavy atom. The van der Waals surface area contributed by atoms with Gasteiger partial charge in [-0.25, -0.2) is 0 Å². The van der Waals surface area contributed by atoms with Crippen LogP contribution in [0.5, 0.6) is 0 Å². The highest BCUT2D eigenvalue weighted by molar-refractivity contribution is 5.83. The topological polar surface area (TPSA) is 91.5 Å². The summed E-state index contributed by atoms with van der Waals surface area (Å²) in [5.41, 5.74) is -0.322. The zero-order valence-electron chi connectivity index (χ0n) is 22.2. The molecule has 2 aromatic heterocycles. The number of H-pyrrole nitrogens is 1. The Labute approximate surface area is 222 Å². The smallest absolute Gasteiger partial charge is 0.425 e. The fourth-order valence-corrected chi connectivity index (χ4v) is 5.10. The van der Waals surface area contributed by atoms with Crippen LogP contribution in [0.25, 0.3) is 22.3 Å². The van der Waals surface area contributed by atoms with Gasteiger partial charge in [0, 0.05) is 36.0 Å². The molecule has 1 fully saturated rings. The van der Waals surface area contributed by atoms with E-state index in [1.165, 1.54) is 12.1 Å². The van der Waals surface area contributed by atoms with Crippen LogP contribution in [0.2, 0.25) is 0 Å². The quantitative estimate of drug-likeness (QED) is 0.287. The number of nitrogens with zero attached hydrogens (tertiary/aromatic N) is 1. The first-order chi connectivity index (χ1) is 18.3. The lowest BCUT2D eigenvalue weighted by molar-refractivity contribution is -0.138. The molecule has 1 atom stereocenters. The van der Waals surface area contributed by atoms with Crippen LogP contribution < -0.4 is 21.2 Å². The molecule has 206 valence electrons. The Hall–Kier alpha value is -3.95. The minimum absolute atomic E-state index is 0.0741. The summed E-state index contributed by atoms with van der Waals surface area (Å²) in [6.45, 7) is 9.69. The number of benzene rings is 2. The van der Waals surface area contributed by atoms with E-state index in [0.717, 1.165) is 31.5 Å². The van der Waals surface area contributed by atoms with Crippen LogP contribution in [-0.2, 0) is 6.18 Å². The van der Waals surface area contributed by atoms with Crippen molar-refractivity contribution >= 4 is 22.5 Å². The number of aromatic nitrogens is 1. The fourth-order valence-electron chi connectivity index (χ4n) is 5.10. The van der Waals surface area contributed by atoms with Crippen LogP contribution in [0.1, 0.15) is 56.3 Å². The maximum absolute atomic E-state index is 13.6. The van der Waals surface area contributed by atoms with Gasteiger partial charge in [0.15, 0.2) is 22.6 Å². The molecule has 0 radical (unpaired) electrons. The van der Waals surface area contributed by atoms with Gasteiger partial charge in [-0.15, -0.1) is 0 Å². The van der Waals surface area contributed by atoms with Crippen molar-refractivity contribution < 1.29 is 22.1 Å². The van der Waals surface area contributed by atoms with Crippen LogP contribution in [0.15, 0.2) is 61.0 Å². The van der Waals surface area contributed by atoms with E-state index in [0.29, 0.717) is 28.1 Å². The second kappa shape index (κ2) is 9.66. The summed E-state index contributed by atoms with van der Waals surface area (Å²) in [5.74, 6) is -0.0941. The molecule has 39 heavy (non-hydrogen) atoms. The summed E-state index contributed by atoms with van der Waals surface area (Å²) >= 11 is 0. The van der Waals surface area contributed by atoms with Gasteiger partial charge in [0.25, 0.3) is 5.56 Å². The highest BCUT2D eigenvalue weighted by Gasteiger charge is 2.40. The zero-order chi connectivity index (χ0) is 28.1. The van der Waals surface area contributed by atoms with E-state index in [1.807, 2.05) is 19.9 Å². The normalized spacial score (nSPS) is 16.4. The van der Waals surface area contributed by atoms with Crippen molar-refractivity contribution in [3.05, 3.63) is 79.7 Å². The van der Waals surface area contributed by atoms with E-state index in [1.54, 1.807) is 29.4 Å². The molecule has 1 aliphatic rings. The molecular formula is C29H30F3N3O4. The molecule has 3 heterocycles. The van der Waals surface area contributed by atoms with E-state index in [4.69, 9.17) is 8.94 Å². The first-order valence-electron chi connectivity index (χ1n) is 12.8. The number of alkyl halides is 3. The van der Waals surface area contributed by atoms with E-state index in [9.17, 15) is 22.8 Å². The molecule has 0 saturated carbocycles. The van der Waals surface area contributed by atoms with Crippen molar-refractivity contribution in [2.45, 2.75) is 52.8 Å². The van der Waals surface area contributed by atoms with E-state index >= 15 is 0 Å². The van der Waals surface area contributed by atoms with Gasteiger partial charge in [-0.2, -0.15) is 18.3 Å². The van der Waals surface area contributed by atoms with Gasteiger partial charge in [0.1, 0.15) is 5.58 Å². The number of aromatic amines is 1. The molecule has 2 aromatic carbocycles. The van der Waals surface area contributed by atoms with Gasteiger partial charge in [-0.3, -0.25) is 9.59 Å². The lowest BCUT2D eigenvalue weighted by Gasteiger charge is -2.37. The van der Waals surface area contributed by atoms with E-state index in [-0.39, 0.29) is 16.4 Å². The van der Waals surface area contributed by atoms with Gasteiger partial charge in [0.05, 0.1) is 11.4 Å². The number of anilines is 2. The third-order valence-corrected chi connectivity index (χ3v) is 7.41. The minimum Gasteiger partial charge on any atom is -0.440 e. The van der Waals surface area contributed by atoms with Crippen LogP contribution in [-0.4, -0.2) is 18.2 Å². The first kappa shape index (κ1) is 26.6. The predicted octanol–water partition coefficient (Wildman–Crippen LogP) is 6.87. The highest BCUT2D eigenvalue weighted by Crippen LogP contribution is 2.39. The van der Waals surface area contributed by atoms with Crippen molar-refractivity contribution in [1.82, 2.24) is 5.16 Å². The molecule has 7 nitrogen and oxygen atoms in total. The summed E-state index contributed by atoms with van der Waals surface area (Å²) in [6.07, 6.45) is -2.95. The predicted molar refractivity (Wildman–Crippen MR) is 144 cm³/mol. The number of aryl methyl sites for hydroxylation is 1. The van der Waals surface area contributed by atoms with Crippen LogP contribution in [0, 0.1) is 12.3 Å². The molecule has 2 N–H and O–H groups in total. The third kappa shape index (κ3) is 5.20. The number of para-hydroxylation sites is 1. The van der Waals surface area contributed by atoms with Gasteiger partial charge < -0.3 is 19.2 Å². The fraction of sp³-hybridized carbons (Fsp3) is 0.379. The standard InChI is InChI=1S/C29H30F3N3O4/c1-16-13-19(25-20(14-16)22(36)15-23(38-25)35-11-9-28(3,4)10-12-35)17(2)33-21-8-6-5-7-18(21)26-24(29(30,31)32)27(37)34-39-26/h5-8,13-15,17,33H,9-12H2,1-4H3,(H,34,37). The maximum atomic E-state index is 13.6. The van der Waals surface area contributed by atoms with Crippen LogP contribution in [0.4, 0.5) is 24.7 Å². The summed E-state index contributed by atoms with van der Waals surface area (Å²) in [5, 5.41) is 5.48. The molecule has 1 saturated heterocycles. The van der Waals surface area contributed by atoms with Crippen molar-refractivity contribution in [3.63, 3.8) is 0 Å². The van der Waals surface area contributed by atoms with Gasteiger partial charge in [-0.05, 0) is 55.9 Å². The van der Waals surface area contributed by atoms with Gasteiger partial charge in [-0.1, -0.05) is 32.0 Å². The number of nitrogens with one attached hydrogen (secondary N) is 2. The molecular weight excluding hydrogens is 511 g/mol. The van der Waals surface area contributed by atoms with Crippen LogP contribution >= 0.6 is 0 Å². The molecule has 0 aliphatic carbocycles. The molecule has 4 aromatic rings. The highest BCUT2D eigenvalue weighted by atomic mass is 19.4. The first-order valence-corrected chi connectivity index (χ1v) is 12.8. The molecule has 10 heteroatoms. The Balaban J connectivity index is 1.55. The average molecular weight is 542 g/mol. The Kier molecular flexibility index (Phi) is 6.60. The number of fused-ring (bicyclic) bond motifs is 1. The lowest BCUT2D eigenvalue weighted by Crippen LogP contribution is -2.37. The zero-order valence-corrected chi connectivity index (χ0v) is 22.2. The summed E-state index contributed by atoms with van der Waals surface area (Å²) in [7, 11) is 0. The number of halogens is 3. The molecule has 0 amide bonds. The molecule has 0 bridgehead atoms. The van der Waals surface area contributed by atoms with Crippen molar-refractivity contribution in [3.8, 4) is 11.3 Å². The van der Waals surface area contributed by atoms with E-state index in [2.05, 4.69) is 24.1 Å². The van der Waals surface area contributed by atoms with Gasteiger partial charge >= 0.3 is 6.18 Å². The minimum atomic E-state index is -4.90. The summed E-state index contributed by atoms with van der Waals surface area (Å²) in [4.78, 5) is 27.1. The van der Waals surface area contributed by atoms with Gasteiger partial charge in [0.2, 0.25) is 0 Å². The maximum Gasteiger partial charge on any atom is 0.425 e. The molecule has 0 spiro atoms.